The Morgan fingerprint density at radius 1 is 1.29 bits per heavy atom. The summed E-state index contributed by atoms with van der Waals surface area (Å²) in [7, 11) is 1.50. The van der Waals surface area contributed by atoms with Crippen LogP contribution >= 0.6 is 0 Å². The Bertz CT molecular complexity index is 345. The first-order valence-corrected chi connectivity index (χ1v) is 5.57. The van der Waals surface area contributed by atoms with Crippen molar-refractivity contribution in [2.45, 2.75) is 20.1 Å². The first-order valence-electron chi connectivity index (χ1n) is 5.57. The van der Waals surface area contributed by atoms with E-state index in [2.05, 4.69) is 0 Å². The Kier molecular flexibility index (Phi) is 5.66. The van der Waals surface area contributed by atoms with E-state index in [4.69, 9.17) is 14.2 Å². The third-order valence-electron chi connectivity index (χ3n) is 2.16. The van der Waals surface area contributed by atoms with E-state index in [1.807, 2.05) is 13.8 Å². The molecule has 0 fully saturated rings. The summed E-state index contributed by atoms with van der Waals surface area (Å²) in [5.74, 6) is 0.636. The second-order valence-electron chi connectivity index (χ2n) is 3.52. The lowest BCUT2D eigenvalue weighted by Crippen LogP contribution is -2.16. The molecule has 0 aliphatic heterocycles. The van der Waals surface area contributed by atoms with Crippen LogP contribution < -0.4 is 4.74 Å². The van der Waals surface area contributed by atoms with Gasteiger partial charge in [-0.1, -0.05) is 0 Å². The zero-order valence-corrected chi connectivity index (χ0v) is 10.4. The van der Waals surface area contributed by atoms with Crippen molar-refractivity contribution < 1.29 is 19.0 Å². The molecule has 0 bridgehead atoms. The van der Waals surface area contributed by atoms with Gasteiger partial charge >= 0.3 is 0 Å². The fourth-order valence-electron chi connectivity index (χ4n) is 1.39. The largest absolute Gasteiger partial charge is 0.465 e. The topological polar surface area (TPSA) is 44.8 Å². The Balaban J connectivity index is 2.58. The zero-order chi connectivity index (χ0) is 12.7. The molecule has 0 heterocycles. The highest BCUT2D eigenvalue weighted by atomic mass is 16.7. The molecule has 0 radical (unpaired) electrons. The van der Waals surface area contributed by atoms with Gasteiger partial charge in [-0.05, 0) is 38.1 Å². The SMILES string of the molecule is CCOC(C)Oc1ccc(C(=O)COC)cc1. The number of benzene rings is 1. The predicted molar refractivity (Wildman–Crippen MR) is 64.4 cm³/mol. The van der Waals surface area contributed by atoms with Crippen molar-refractivity contribution >= 4 is 5.78 Å². The Morgan fingerprint density at radius 3 is 2.47 bits per heavy atom. The molecule has 4 heteroatoms. The number of rotatable bonds is 7. The molecule has 1 aromatic rings. The molecule has 4 nitrogen and oxygen atoms in total. The second-order valence-corrected chi connectivity index (χ2v) is 3.52. The molecule has 0 saturated carbocycles. The molecule has 0 saturated heterocycles. The van der Waals surface area contributed by atoms with Crippen LogP contribution in [0.3, 0.4) is 0 Å². The first-order chi connectivity index (χ1) is 8.17. The highest BCUT2D eigenvalue weighted by Crippen LogP contribution is 2.14. The maximum absolute atomic E-state index is 11.5. The highest BCUT2D eigenvalue weighted by molar-refractivity contribution is 5.97. The summed E-state index contributed by atoms with van der Waals surface area (Å²) in [4.78, 5) is 11.5. The van der Waals surface area contributed by atoms with Crippen molar-refractivity contribution in [1.82, 2.24) is 0 Å². The second kappa shape index (κ2) is 7.04. The molecule has 0 spiro atoms. The van der Waals surface area contributed by atoms with Crippen LogP contribution in [0.2, 0.25) is 0 Å². The number of ether oxygens (including phenoxy) is 3. The predicted octanol–water partition coefficient (Wildman–Crippen LogP) is 2.28. The van der Waals surface area contributed by atoms with E-state index in [9.17, 15) is 4.79 Å². The molecule has 94 valence electrons. The van der Waals surface area contributed by atoms with Crippen LogP contribution in [0.4, 0.5) is 0 Å². The molecule has 0 aromatic heterocycles. The van der Waals surface area contributed by atoms with Gasteiger partial charge in [0.2, 0.25) is 0 Å². The molecule has 1 atom stereocenters. The number of hydrogen-bond acceptors (Lipinski definition) is 4. The van der Waals surface area contributed by atoms with Gasteiger partial charge in [-0.15, -0.1) is 0 Å². The van der Waals surface area contributed by atoms with Gasteiger partial charge in [0, 0.05) is 19.3 Å². The van der Waals surface area contributed by atoms with Gasteiger partial charge in [0.25, 0.3) is 0 Å². The van der Waals surface area contributed by atoms with E-state index in [0.29, 0.717) is 17.9 Å². The molecular weight excluding hydrogens is 220 g/mol. The van der Waals surface area contributed by atoms with Crippen LogP contribution in [0, 0.1) is 0 Å². The van der Waals surface area contributed by atoms with Gasteiger partial charge in [0.05, 0.1) is 0 Å². The number of carbonyl (C=O) groups excluding carboxylic acids is 1. The van der Waals surface area contributed by atoms with E-state index in [0.717, 1.165) is 0 Å². The fourth-order valence-corrected chi connectivity index (χ4v) is 1.39. The summed E-state index contributed by atoms with van der Waals surface area (Å²) in [5.41, 5.74) is 0.614. The van der Waals surface area contributed by atoms with E-state index >= 15 is 0 Å². The van der Waals surface area contributed by atoms with Crippen LogP contribution in [-0.4, -0.2) is 32.4 Å². The lowest BCUT2D eigenvalue weighted by molar-refractivity contribution is -0.0613. The number of carbonyl (C=O) groups is 1. The van der Waals surface area contributed by atoms with Gasteiger partial charge in [-0.25, -0.2) is 0 Å². The number of ketones is 1. The quantitative estimate of drug-likeness (QED) is 0.540. The van der Waals surface area contributed by atoms with Crippen LogP contribution in [-0.2, 0) is 9.47 Å². The fraction of sp³-hybridized carbons (Fsp3) is 0.462. The highest BCUT2D eigenvalue weighted by Gasteiger charge is 2.06. The van der Waals surface area contributed by atoms with Crippen molar-refractivity contribution in [1.29, 1.82) is 0 Å². The average molecular weight is 238 g/mol. The van der Waals surface area contributed by atoms with Crippen molar-refractivity contribution in [2.24, 2.45) is 0 Å². The lowest BCUT2D eigenvalue weighted by atomic mass is 10.1. The van der Waals surface area contributed by atoms with Crippen molar-refractivity contribution in [2.75, 3.05) is 20.3 Å². The van der Waals surface area contributed by atoms with Crippen LogP contribution in [0.5, 0.6) is 5.75 Å². The molecule has 1 unspecified atom stereocenters. The number of methoxy groups -OCH3 is 1. The van der Waals surface area contributed by atoms with Gasteiger partial charge in [-0.3, -0.25) is 4.79 Å². The molecule has 0 aliphatic rings. The van der Waals surface area contributed by atoms with E-state index in [-0.39, 0.29) is 18.7 Å². The zero-order valence-electron chi connectivity index (χ0n) is 10.4. The Labute approximate surface area is 101 Å². The average Bonchev–Trinajstić information content (AvgIpc) is 2.30. The summed E-state index contributed by atoms with van der Waals surface area (Å²) in [5, 5.41) is 0. The Hall–Kier alpha value is -1.39. The van der Waals surface area contributed by atoms with E-state index in [1.165, 1.54) is 7.11 Å². The van der Waals surface area contributed by atoms with Crippen LogP contribution in [0.1, 0.15) is 24.2 Å². The standard InChI is InChI=1S/C13H18O4/c1-4-16-10(2)17-12-7-5-11(6-8-12)13(14)9-15-3/h5-8,10H,4,9H2,1-3H3. The molecule has 0 aliphatic carbocycles. The maximum atomic E-state index is 11.5. The summed E-state index contributed by atoms with van der Waals surface area (Å²) in [6, 6.07) is 6.93. The molecule has 17 heavy (non-hydrogen) atoms. The minimum atomic E-state index is -0.291. The molecule has 0 amide bonds. The minimum Gasteiger partial charge on any atom is -0.465 e. The first kappa shape index (κ1) is 13.7. The molecular formula is C13H18O4. The summed E-state index contributed by atoms with van der Waals surface area (Å²) >= 11 is 0. The van der Waals surface area contributed by atoms with E-state index < -0.39 is 0 Å². The third kappa shape index (κ3) is 4.54. The minimum absolute atomic E-state index is 0.0445. The Morgan fingerprint density at radius 2 is 1.94 bits per heavy atom. The van der Waals surface area contributed by atoms with Crippen molar-refractivity contribution in [3.05, 3.63) is 29.8 Å². The smallest absolute Gasteiger partial charge is 0.196 e. The normalized spacial score (nSPS) is 12.2. The number of Topliss-reactive ketones (excluding diaryl/α,β-unsaturated/α-hetero) is 1. The van der Waals surface area contributed by atoms with Gasteiger partial charge in [0.1, 0.15) is 12.4 Å². The van der Waals surface area contributed by atoms with Gasteiger partial charge in [-0.2, -0.15) is 0 Å². The van der Waals surface area contributed by atoms with Gasteiger partial charge in [0.15, 0.2) is 12.1 Å². The third-order valence-corrected chi connectivity index (χ3v) is 2.16. The van der Waals surface area contributed by atoms with Gasteiger partial charge < -0.3 is 14.2 Å². The summed E-state index contributed by atoms with van der Waals surface area (Å²) in [6.45, 7) is 4.43. The van der Waals surface area contributed by atoms with Crippen LogP contribution in [0.15, 0.2) is 24.3 Å². The maximum Gasteiger partial charge on any atom is 0.196 e. The number of hydrogen-bond donors (Lipinski definition) is 0. The monoisotopic (exact) mass is 238 g/mol. The van der Waals surface area contributed by atoms with E-state index in [1.54, 1.807) is 24.3 Å². The van der Waals surface area contributed by atoms with Crippen molar-refractivity contribution in [3.8, 4) is 5.75 Å². The van der Waals surface area contributed by atoms with Crippen molar-refractivity contribution in [3.63, 3.8) is 0 Å². The molecule has 1 rings (SSSR count). The van der Waals surface area contributed by atoms with Crippen LogP contribution in [0.25, 0.3) is 0 Å². The molecule has 1 aromatic carbocycles. The molecule has 0 N–H and O–H groups in total. The summed E-state index contributed by atoms with van der Waals surface area (Å²) in [6.07, 6.45) is -0.291. The lowest BCUT2D eigenvalue weighted by Gasteiger charge is -2.14. The summed E-state index contributed by atoms with van der Waals surface area (Å²) < 4.78 is 15.5.